The third-order valence-corrected chi connectivity index (χ3v) is 6.26. The van der Waals surface area contributed by atoms with Crippen LogP contribution in [-0.4, -0.2) is 37.7 Å². The highest BCUT2D eigenvalue weighted by atomic mass is 35.5. The minimum absolute atomic E-state index is 0. The summed E-state index contributed by atoms with van der Waals surface area (Å²) in [5.74, 6) is 1.29. The molecule has 1 saturated carbocycles. The highest BCUT2D eigenvalue weighted by Gasteiger charge is 2.58. The van der Waals surface area contributed by atoms with Gasteiger partial charge in [-0.2, -0.15) is 0 Å². The Labute approximate surface area is 141 Å². The highest BCUT2D eigenvalue weighted by molar-refractivity contribution is 5.85. The third-order valence-electron chi connectivity index (χ3n) is 6.26. The van der Waals surface area contributed by atoms with Gasteiger partial charge in [0, 0.05) is 25.0 Å². The molecule has 1 aliphatic heterocycles. The van der Waals surface area contributed by atoms with Crippen LogP contribution < -0.4 is 10.6 Å². The summed E-state index contributed by atoms with van der Waals surface area (Å²) in [7, 11) is 1.76. The van der Waals surface area contributed by atoms with E-state index in [0.717, 1.165) is 19.5 Å². The van der Waals surface area contributed by atoms with Gasteiger partial charge in [-0.25, -0.2) is 0 Å². The fourth-order valence-corrected chi connectivity index (χ4v) is 3.80. The minimum Gasteiger partial charge on any atom is -0.378 e. The number of carbonyl (C=O) groups is 1. The summed E-state index contributed by atoms with van der Waals surface area (Å²) in [6, 6.07) is 0.228. The lowest BCUT2D eigenvalue weighted by molar-refractivity contribution is -0.182. The van der Waals surface area contributed by atoms with E-state index in [1.54, 1.807) is 7.11 Å². The summed E-state index contributed by atoms with van der Waals surface area (Å²) in [4.78, 5) is 12.3. The Hall–Kier alpha value is -0.320. The lowest BCUT2D eigenvalue weighted by Crippen LogP contribution is -2.68. The van der Waals surface area contributed by atoms with Crippen LogP contribution in [-0.2, 0) is 9.53 Å². The van der Waals surface area contributed by atoms with E-state index >= 15 is 0 Å². The van der Waals surface area contributed by atoms with Crippen molar-refractivity contribution in [3.63, 3.8) is 0 Å². The lowest BCUT2D eigenvalue weighted by Gasteiger charge is -2.59. The number of carbonyl (C=O) groups excluding carboxylic acids is 1. The number of amides is 1. The normalized spacial score (nSPS) is 35.0. The van der Waals surface area contributed by atoms with E-state index in [-0.39, 0.29) is 35.4 Å². The van der Waals surface area contributed by atoms with Gasteiger partial charge in [0.25, 0.3) is 0 Å². The van der Waals surface area contributed by atoms with E-state index in [0.29, 0.717) is 18.3 Å². The molecule has 1 amide bonds. The molecule has 5 heteroatoms. The first-order valence-electron chi connectivity index (χ1n) is 8.35. The number of hydrogen-bond donors (Lipinski definition) is 2. The van der Waals surface area contributed by atoms with Crippen LogP contribution in [0.1, 0.15) is 53.4 Å². The largest absolute Gasteiger partial charge is 0.378 e. The van der Waals surface area contributed by atoms with E-state index in [2.05, 4.69) is 38.3 Å². The predicted molar refractivity (Wildman–Crippen MR) is 92.4 cm³/mol. The van der Waals surface area contributed by atoms with Crippen LogP contribution in [0.4, 0.5) is 0 Å². The van der Waals surface area contributed by atoms with Crippen molar-refractivity contribution in [2.24, 2.45) is 17.3 Å². The molecule has 1 heterocycles. The van der Waals surface area contributed by atoms with Crippen LogP contribution in [0.25, 0.3) is 0 Å². The Morgan fingerprint density at radius 2 is 2.09 bits per heavy atom. The van der Waals surface area contributed by atoms with Crippen LogP contribution in [0.5, 0.6) is 0 Å². The second-order valence-electron chi connectivity index (χ2n) is 7.77. The molecular formula is C17H33ClN2O2. The highest BCUT2D eigenvalue weighted by Crippen LogP contribution is 2.51. The first-order valence-corrected chi connectivity index (χ1v) is 8.35. The molecule has 4 unspecified atom stereocenters. The van der Waals surface area contributed by atoms with E-state index in [1.807, 2.05) is 0 Å². The van der Waals surface area contributed by atoms with Crippen LogP contribution in [0.2, 0.25) is 0 Å². The summed E-state index contributed by atoms with van der Waals surface area (Å²) in [5, 5.41) is 6.66. The van der Waals surface area contributed by atoms with Gasteiger partial charge in [0.05, 0.1) is 5.60 Å². The van der Waals surface area contributed by atoms with Crippen molar-refractivity contribution < 1.29 is 9.53 Å². The first-order chi connectivity index (χ1) is 9.80. The number of nitrogens with one attached hydrogen (secondary N) is 2. The van der Waals surface area contributed by atoms with Crippen LogP contribution in [0, 0.1) is 17.3 Å². The zero-order chi connectivity index (χ0) is 15.7. The molecular weight excluding hydrogens is 300 g/mol. The van der Waals surface area contributed by atoms with Crippen molar-refractivity contribution in [2.75, 3.05) is 20.2 Å². The maximum atomic E-state index is 12.3. The molecule has 1 saturated heterocycles. The fourth-order valence-electron chi connectivity index (χ4n) is 3.80. The molecule has 22 heavy (non-hydrogen) atoms. The maximum absolute atomic E-state index is 12.3. The quantitative estimate of drug-likeness (QED) is 0.814. The molecule has 0 radical (unpaired) electrons. The number of ether oxygens (including phenoxy) is 1. The summed E-state index contributed by atoms with van der Waals surface area (Å²) in [5.41, 5.74) is -0.128. The van der Waals surface area contributed by atoms with Crippen molar-refractivity contribution in [2.45, 2.75) is 65.0 Å². The van der Waals surface area contributed by atoms with Gasteiger partial charge in [0.1, 0.15) is 0 Å². The van der Waals surface area contributed by atoms with Gasteiger partial charge in [-0.05, 0) is 51.1 Å². The molecule has 4 atom stereocenters. The zero-order valence-electron chi connectivity index (χ0n) is 14.7. The van der Waals surface area contributed by atoms with Crippen molar-refractivity contribution in [1.29, 1.82) is 0 Å². The summed E-state index contributed by atoms with van der Waals surface area (Å²) >= 11 is 0. The van der Waals surface area contributed by atoms with Crippen molar-refractivity contribution >= 4 is 18.3 Å². The SMILES string of the molecule is COC1(C)CC(NC(=O)CC(C)C2CCCNC2)C1(C)C.Cl. The molecule has 2 aliphatic rings. The molecule has 4 nitrogen and oxygen atoms in total. The first kappa shape index (κ1) is 19.7. The molecule has 0 bridgehead atoms. The van der Waals surface area contributed by atoms with Gasteiger partial charge in [-0.15, -0.1) is 12.4 Å². The fraction of sp³-hybridized carbons (Fsp3) is 0.941. The summed E-state index contributed by atoms with van der Waals surface area (Å²) in [6.45, 7) is 10.9. The second kappa shape index (κ2) is 7.50. The van der Waals surface area contributed by atoms with Crippen LogP contribution >= 0.6 is 12.4 Å². The molecule has 130 valence electrons. The number of halogens is 1. The van der Waals surface area contributed by atoms with Crippen molar-refractivity contribution in [1.82, 2.24) is 10.6 Å². The average molecular weight is 333 g/mol. The predicted octanol–water partition coefficient (Wildman–Crippen LogP) is 2.75. The molecule has 0 aromatic carbocycles. The summed E-state index contributed by atoms with van der Waals surface area (Å²) in [6.07, 6.45) is 4.03. The molecule has 0 aromatic heterocycles. The summed E-state index contributed by atoms with van der Waals surface area (Å²) < 4.78 is 5.62. The number of hydrogen-bond acceptors (Lipinski definition) is 3. The Morgan fingerprint density at radius 3 is 2.59 bits per heavy atom. The molecule has 2 N–H and O–H groups in total. The number of rotatable bonds is 5. The topological polar surface area (TPSA) is 50.4 Å². The lowest BCUT2D eigenvalue weighted by atomic mass is 9.56. The van der Waals surface area contributed by atoms with Crippen LogP contribution in [0.3, 0.4) is 0 Å². The molecule has 2 fully saturated rings. The van der Waals surface area contributed by atoms with E-state index in [4.69, 9.17) is 4.74 Å². The molecule has 0 spiro atoms. The van der Waals surface area contributed by atoms with Crippen molar-refractivity contribution in [3.05, 3.63) is 0 Å². The van der Waals surface area contributed by atoms with Gasteiger partial charge in [-0.1, -0.05) is 20.8 Å². The maximum Gasteiger partial charge on any atom is 0.220 e. The van der Waals surface area contributed by atoms with Gasteiger partial charge in [0.15, 0.2) is 0 Å². The van der Waals surface area contributed by atoms with Gasteiger partial charge in [-0.3, -0.25) is 4.79 Å². The Balaban J connectivity index is 0.00000242. The third kappa shape index (κ3) is 3.77. The Morgan fingerprint density at radius 1 is 1.41 bits per heavy atom. The van der Waals surface area contributed by atoms with Gasteiger partial charge >= 0.3 is 0 Å². The Kier molecular flexibility index (Phi) is 6.72. The Bertz CT molecular complexity index is 383. The van der Waals surface area contributed by atoms with E-state index in [9.17, 15) is 4.79 Å². The second-order valence-corrected chi connectivity index (χ2v) is 7.77. The van der Waals surface area contributed by atoms with Gasteiger partial charge < -0.3 is 15.4 Å². The molecule has 1 aliphatic carbocycles. The average Bonchev–Trinajstić information content (AvgIpc) is 2.47. The number of methoxy groups -OCH3 is 1. The molecule has 2 rings (SSSR count). The van der Waals surface area contributed by atoms with Gasteiger partial charge in [0.2, 0.25) is 5.91 Å². The van der Waals surface area contributed by atoms with E-state index < -0.39 is 0 Å². The molecule has 0 aromatic rings. The van der Waals surface area contributed by atoms with Crippen LogP contribution in [0.15, 0.2) is 0 Å². The van der Waals surface area contributed by atoms with E-state index in [1.165, 1.54) is 12.8 Å². The zero-order valence-corrected chi connectivity index (χ0v) is 15.5. The number of piperidine rings is 1. The van der Waals surface area contributed by atoms with Crippen molar-refractivity contribution in [3.8, 4) is 0 Å². The monoisotopic (exact) mass is 332 g/mol. The minimum atomic E-state index is -0.121. The standard InChI is InChI=1S/C17H32N2O2.ClH/c1-12(13-7-6-8-18-11-13)9-15(20)19-14-10-17(4,21-5)16(14,2)3;/h12-14,18H,6-11H2,1-5H3,(H,19,20);1H. The smallest absolute Gasteiger partial charge is 0.220 e.